The Bertz CT molecular complexity index is 1090. The van der Waals surface area contributed by atoms with Gasteiger partial charge in [0.2, 0.25) is 0 Å². The minimum absolute atomic E-state index is 0.0297. The summed E-state index contributed by atoms with van der Waals surface area (Å²) in [5.41, 5.74) is 4.12. The van der Waals surface area contributed by atoms with E-state index in [2.05, 4.69) is 25.2 Å². The first-order valence-electron chi connectivity index (χ1n) is 10.5. The third-order valence-corrected chi connectivity index (χ3v) is 5.97. The molecule has 1 unspecified atom stereocenters. The first-order valence-corrected chi connectivity index (χ1v) is 10.5. The Balaban J connectivity index is 1.54. The van der Waals surface area contributed by atoms with Gasteiger partial charge in [-0.1, -0.05) is 6.07 Å². The summed E-state index contributed by atoms with van der Waals surface area (Å²) in [5.74, 6) is 0.816. The molecule has 156 valence electrons. The maximum Gasteiger partial charge on any atom is 0.251 e. The van der Waals surface area contributed by atoms with Gasteiger partial charge >= 0.3 is 0 Å². The van der Waals surface area contributed by atoms with Crippen molar-refractivity contribution < 1.29 is 9.53 Å². The number of amides is 1. The number of nitrogens with zero attached hydrogens (tertiary/aromatic N) is 5. The number of benzene rings is 1. The Kier molecular flexibility index (Phi) is 4.86. The molecule has 1 amide bonds. The molecule has 8 nitrogen and oxygen atoms in total. The molecule has 30 heavy (non-hydrogen) atoms. The van der Waals surface area contributed by atoms with E-state index in [1.54, 1.807) is 19.8 Å². The number of methoxy groups -OCH3 is 1. The topological polar surface area (TPSA) is 85.2 Å². The van der Waals surface area contributed by atoms with Gasteiger partial charge in [0.05, 0.1) is 18.3 Å². The highest BCUT2D eigenvalue weighted by atomic mass is 16.5. The van der Waals surface area contributed by atoms with E-state index >= 15 is 0 Å². The summed E-state index contributed by atoms with van der Waals surface area (Å²) in [6.07, 6.45) is 7.69. The zero-order valence-electron chi connectivity index (χ0n) is 17.3. The van der Waals surface area contributed by atoms with E-state index in [0.29, 0.717) is 24.3 Å². The summed E-state index contributed by atoms with van der Waals surface area (Å²) in [6, 6.07) is 6.39. The van der Waals surface area contributed by atoms with Gasteiger partial charge in [-0.05, 0) is 50.3 Å². The Labute approximate surface area is 175 Å². The number of aromatic nitrogens is 4. The number of rotatable bonds is 6. The molecule has 2 fully saturated rings. The Morgan fingerprint density at radius 2 is 2.10 bits per heavy atom. The molecule has 1 saturated heterocycles. The summed E-state index contributed by atoms with van der Waals surface area (Å²) < 4.78 is 7.35. The van der Waals surface area contributed by atoms with Crippen LogP contribution in [0.3, 0.4) is 0 Å². The third-order valence-electron chi connectivity index (χ3n) is 5.97. The second-order valence-electron chi connectivity index (χ2n) is 8.18. The molecule has 1 N–H and O–H groups in total. The van der Waals surface area contributed by atoms with Crippen LogP contribution in [-0.4, -0.2) is 57.8 Å². The van der Waals surface area contributed by atoms with Gasteiger partial charge < -0.3 is 15.0 Å². The fraction of sp³-hybridized carbons (Fsp3) is 0.455. The maximum absolute atomic E-state index is 12.5. The SMILES string of the molecule is COCC1CCCN1c1ncnc2c1ncn2-c1cc(C(=O)NC2CC2)ccc1C. The van der Waals surface area contributed by atoms with Gasteiger partial charge in [-0.2, -0.15) is 0 Å². The van der Waals surface area contributed by atoms with E-state index in [4.69, 9.17) is 4.74 Å². The smallest absolute Gasteiger partial charge is 0.251 e. The lowest BCUT2D eigenvalue weighted by Gasteiger charge is -2.25. The lowest BCUT2D eigenvalue weighted by atomic mass is 10.1. The van der Waals surface area contributed by atoms with Crippen molar-refractivity contribution in [3.8, 4) is 5.69 Å². The quantitative estimate of drug-likeness (QED) is 0.677. The molecule has 0 radical (unpaired) electrons. The molecule has 1 aromatic carbocycles. The van der Waals surface area contributed by atoms with Crippen LogP contribution in [0.2, 0.25) is 0 Å². The molecular weight excluding hydrogens is 380 g/mol. The second-order valence-corrected chi connectivity index (χ2v) is 8.18. The fourth-order valence-corrected chi connectivity index (χ4v) is 4.20. The normalized spacial score (nSPS) is 18.9. The van der Waals surface area contributed by atoms with Crippen LogP contribution in [-0.2, 0) is 4.74 Å². The average Bonchev–Trinajstić information content (AvgIpc) is 3.27. The molecule has 8 heteroatoms. The van der Waals surface area contributed by atoms with Gasteiger partial charge in [-0.3, -0.25) is 9.36 Å². The Morgan fingerprint density at radius 3 is 2.90 bits per heavy atom. The summed E-state index contributed by atoms with van der Waals surface area (Å²) in [5, 5.41) is 3.05. The molecule has 0 bridgehead atoms. The number of carbonyl (C=O) groups is 1. The first kappa shape index (κ1) is 19.0. The number of imidazole rings is 1. The minimum Gasteiger partial charge on any atom is -0.383 e. The van der Waals surface area contributed by atoms with Gasteiger partial charge in [0.1, 0.15) is 12.7 Å². The zero-order valence-corrected chi connectivity index (χ0v) is 17.3. The number of carbonyl (C=O) groups excluding carboxylic acids is 1. The Morgan fingerprint density at radius 1 is 1.23 bits per heavy atom. The van der Waals surface area contributed by atoms with Crippen molar-refractivity contribution in [2.45, 2.75) is 44.7 Å². The zero-order chi connectivity index (χ0) is 20.7. The predicted molar refractivity (Wildman–Crippen MR) is 114 cm³/mol. The number of anilines is 1. The van der Waals surface area contributed by atoms with Crippen LogP contribution in [0.25, 0.3) is 16.9 Å². The molecule has 1 aliphatic carbocycles. The van der Waals surface area contributed by atoms with Crippen molar-refractivity contribution in [1.82, 2.24) is 24.8 Å². The van der Waals surface area contributed by atoms with Crippen molar-refractivity contribution in [2.24, 2.45) is 0 Å². The van der Waals surface area contributed by atoms with E-state index in [-0.39, 0.29) is 5.91 Å². The van der Waals surface area contributed by atoms with Gasteiger partial charge in [0.15, 0.2) is 17.0 Å². The van der Waals surface area contributed by atoms with Gasteiger partial charge in [0.25, 0.3) is 5.91 Å². The number of hydrogen-bond donors (Lipinski definition) is 1. The highest BCUT2D eigenvalue weighted by Crippen LogP contribution is 2.30. The van der Waals surface area contributed by atoms with Crippen LogP contribution >= 0.6 is 0 Å². The predicted octanol–water partition coefficient (Wildman–Crippen LogP) is 2.63. The standard InChI is InChI=1S/C22H26N6O2/c1-14-5-6-15(22(29)26-16-7-8-16)10-18(14)28-13-25-19-20(23-12-24-21(19)28)27-9-3-4-17(27)11-30-2/h5-6,10,12-13,16-17H,3-4,7-9,11H2,1-2H3,(H,26,29). The van der Waals surface area contributed by atoms with Crippen molar-refractivity contribution >= 4 is 22.9 Å². The van der Waals surface area contributed by atoms with Crippen molar-refractivity contribution in [1.29, 1.82) is 0 Å². The third kappa shape index (κ3) is 3.41. The van der Waals surface area contributed by atoms with E-state index in [9.17, 15) is 4.79 Å². The number of hydrogen-bond acceptors (Lipinski definition) is 6. The molecule has 2 aromatic heterocycles. The molecule has 5 rings (SSSR count). The lowest BCUT2D eigenvalue weighted by Crippen LogP contribution is -2.33. The van der Waals surface area contributed by atoms with Crippen LogP contribution in [0.15, 0.2) is 30.9 Å². The maximum atomic E-state index is 12.5. The van der Waals surface area contributed by atoms with Gasteiger partial charge in [-0.25, -0.2) is 15.0 Å². The molecular formula is C22H26N6O2. The molecule has 3 heterocycles. The Hall–Kier alpha value is -3.00. The molecule has 2 aliphatic rings. The number of nitrogens with one attached hydrogen (secondary N) is 1. The number of ether oxygens (including phenoxy) is 1. The monoisotopic (exact) mass is 406 g/mol. The molecule has 1 saturated carbocycles. The minimum atomic E-state index is -0.0297. The van der Waals surface area contributed by atoms with Crippen LogP contribution in [0, 0.1) is 6.92 Å². The summed E-state index contributed by atoms with van der Waals surface area (Å²) in [6.45, 7) is 3.63. The molecule has 3 aromatic rings. The van der Waals surface area contributed by atoms with Gasteiger partial charge in [-0.15, -0.1) is 0 Å². The van der Waals surface area contributed by atoms with E-state index in [1.807, 2.05) is 29.7 Å². The van der Waals surface area contributed by atoms with Crippen molar-refractivity contribution in [3.63, 3.8) is 0 Å². The second kappa shape index (κ2) is 7.68. The lowest BCUT2D eigenvalue weighted by molar-refractivity contribution is 0.0951. The van der Waals surface area contributed by atoms with E-state index < -0.39 is 0 Å². The number of fused-ring (bicyclic) bond motifs is 1. The average molecular weight is 406 g/mol. The highest BCUT2D eigenvalue weighted by molar-refractivity contribution is 5.95. The van der Waals surface area contributed by atoms with Gasteiger partial charge in [0, 0.05) is 25.3 Å². The summed E-state index contributed by atoms with van der Waals surface area (Å²) in [7, 11) is 1.73. The van der Waals surface area contributed by atoms with E-state index in [0.717, 1.165) is 60.5 Å². The first-order chi connectivity index (χ1) is 14.7. The molecule has 1 aliphatic heterocycles. The van der Waals surface area contributed by atoms with Crippen LogP contribution < -0.4 is 10.2 Å². The van der Waals surface area contributed by atoms with Crippen molar-refractivity contribution in [3.05, 3.63) is 42.0 Å². The van der Waals surface area contributed by atoms with Crippen molar-refractivity contribution in [2.75, 3.05) is 25.2 Å². The number of aryl methyl sites for hydroxylation is 1. The van der Waals surface area contributed by atoms with Crippen LogP contribution in [0.5, 0.6) is 0 Å². The molecule has 1 atom stereocenters. The largest absolute Gasteiger partial charge is 0.383 e. The summed E-state index contributed by atoms with van der Waals surface area (Å²) in [4.78, 5) is 28.6. The van der Waals surface area contributed by atoms with E-state index in [1.165, 1.54) is 0 Å². The fourth-order valence-electron chi connectivity index (χ4n) is 4.20. The highest BCUT2D eigenvalue weighted by Gasteiger charge is 2.28. The summed E-state index contributed by atoms with van der Waals surface area (Å²) >= 11 is 0. The van der Waals surface area contributed by atoms with Crippen LogP contribution in [0.4, 0.5) is 5.82 Å². The van der Waals surface area contributed by atoms with Crippen LogP contribution in [0.1, 0.15) is 41.6 Å². The molecule has 0 spiro atoms.